The van der Waals surface area contributed by atoms with Crippen LogP contribution >= 0.6 is 0 Å². The average Bonchev–Trinajstić information content (AvgIpc) is 2.98. The molecule has 1 aromatic rings. The number of piperidine rings is 1. The van der Waals surface area contributed by atoms with Crippen LogP contribution in [0.25, 0.3) is 0 Å². The van der Waals surface area contributed by atoms with Crippen LogP contribution in [0.15, 0.2) is 12.3 Å². The highest BCUT2D eigenvalue weighted by atomic mass is 16.2. The van der Waals surface area contributed by atoms with E-state index in [4.69, 9.17) is 0 Å². The van der Waals surface area contributed by atoms with Gasteiger partial charge in [0.2, 0.25) is 5.91 Å². The molecule has 1 atom stereocenters. The van der Waals surface area contributed by atoms with Gasteiger partial charge >= 0.3 is 0 Å². The number of aryl methyl sites for hydroxylation is 2. The van der Waals surface area contributed by atoms with E-state index in [0.717, 1.165) is 63.0 Å². The SMILES string of the molecule is Cc1cc(C)c(C(=O)N2CCCCC2CCN2CCCC2=O)cn1. The molecule has 3 heterocycles. The number of hydrogen-bond acceptors (Lipinski definition) is 3. The van der Waals surface area contributed by atoms with Crippen molar-refractivity contribution in [2.75, 3.05) is 19.6 Å². The molecule has 0 N–H and O–H groups in total. The van der Waals surface area contributed by atoms with E-state index in [1.165, 1.54) is 0 Å². The maximum atomic E-state index is 13.0. The molecule has 1 aromatic heterocycles. The van der Waals surface area contributed by atoms with Gasteiger partial charge in [0, 0.05) is 44.0 Å². The van der Waals surface area contributed by atoms with Gasteiger partial charge in [-0.25, -0.2) is 0 Å². The molecule has 3 rings (SSSR count). The number of carbonyl (C=O) groups is 2. The summed E-state index contributed by atoms with van der Waals surface area (Å²) in [6, 6.07) is 2.20. The molecule has 2 saturated heterocycles. The van der Waals surface area contributed by atoms with Crippen LogP contribution in [0.4, 0.5) is 0 Å². The fourth-order valence-electron chi connectivity index (χ4n) is 3.89. The molecule has 2 fully saturated rings. The average molecular weight is 329 g/mol. The fraction of sp³-hybridized carbons (Fsp3) is 0.632. The standard InChI is InChI=1S/C19H27N3O2/c1-14-12-15(2)20-13-17(14)19(24)22-10-4-3-6-16(22)8-11-21-9-5-7-18(21)23/h12-13,16H,3-11H2,1-2H3. The van der Waals surface area contributed by atoms with Crippen LogP contribution in [0.5, 0.6) is 0 Å². The lowest BCUT2D eigenvalue weighted by Crippen LogP contribution is -2.45. The Morgan fingerprint density at radius 1 is 1.25 bits per heavy atom. The number of aromatic nitrogens is 1. The van der Waals surface area contributed by atoms with Gasteiger partial charge in [0.15, 0.2) is 0 Å². The van der Waals surface area contributed by atoms with Crippen LogP contribution in [0.3, 0.4) is 0 Å². The minimum Gasteiger partial charge on any atom is -0.343 e. The molecule has 1 unspecified atom stereocenters. The van der Waals surface area contributed by atoms with Crippen molar-refractivity contribution >= 4 is 11.8 Å². The summed E-state index contributed by atoms with van der Waals surface area (Å²) < 4.78 is 0. The van der Waals surface area contributed by atoms with Crippen molar-refractivity contribution in [3.63, 3.8) is 0 Å². The predicted molar refractivity (Wildman–Crippen MR) is 92.8 cm³/mol. The van der Waals surface area contributed by atoms with Crippen molar-refractivity contribution in [2.24, 2.45) is 0 Å². The first kappa shape index (κ1) is 16.9. The Labute approximate surface area is 144 Å². The molecule has 2 amide bonds. The molecule has 130 valence electrons. The van der Waals surface area contributed by atoms with Gasteiger partial charge in [-0.3, -0.25) is 14.6 Å². The predicted octanol–water partition coefficient (Wildman–Crippen LogP) is 2.71. The molecule has 24 heavy (non-hydrogen) atoms. The third-order valence-corrected chi connectivity index (χ3v) is 5.27. The third kappa shape index (κ3) is 3.60. The van der Waals surface area contributed by atoms with Gasteiger partial charge < -0.3 is 9.80 Å². The number of amides is 2. The molecule has 0 aliphatic carbocycles. The van der Waals surface area contributed by atoms with E-state index in [2.05, 4.69) is 4.98 Å². The summed E-state index contributed by atoms with van der Waals surface area (Å²) in [6.45, 7) is 6.38. The molecule has 0 spiro atoms. The number of rotatable bonds is 4. The first-order chi connectivity index (χ1) is 11.6. The highest BCUT2D eigenvalue weighted by Crippen LogP contribution is 2.24. The monoisotopic (exact) mass is 329 g/mol. The Hall–Kier alpha value is -1.91. The number of nitrogens with zero attached hydrogens (tertiary/aromatic N) is 3. The Balaban J connectivity index is 1.69. The molecule has 0 aromatic carbocycles. The summed E-state index contributed by atoms with van der Waals surface area (Å²) in [6.07, 6.45) is 7.50. The number of carbonyl (C=O) groups excluding carboxylic acids is 2. The van der Waals surface area contributed by atoms with Crippen molar-refractivity contribution in [1.29, 1.82) is 0 Å². The second-order valence-corrected chi connectivity index (χ2v) is 7.06. The zero-order valence-electron chi connectivity index (χ0n) is 14.8. The highest BCUT2D eigenvalue weighted by Gasteiger charge is 2.29. The topological polar surface area (TPSA) is 53.5 Å². The van der Waals surface area contributed by atoms with Crippen molar-refractivity contribution < 1.29 is 9.59 Å². The number of likely N-dealkylation sites (tertiary alicyclic amines) is 2. The van der Waals surface area contributed by atoms with Gasteiger partial charge in [-0.1, -0.05) is 0 Å². The van der Waals surface area contributed by atoms with Gasteiger partial charge in [-0.05, 0) is 57.6 Å². The summed E-state index contributed by atoms with van der Waals surface area (Å²) in [5, 5.41) is 0. The van der Waals surface area contributed by atoms with Crippen LogP contribution < -0.4 is 0 Å². The van der Waals surface area contributed by atoms with Crippen molar-refractivity contribution in [1.82, 2.24) is 14.8 Å². The second kappa shape index (κ2) is 7.32. The van der Waals surface area contributed by atoms with Crippen LogP contribution in [-0.2, 0) is 4.79 Å². The molecular weight excluding hydrogens is 302 g/mol. The zero-order valence-corrected chi connectivity index (χ0v) is 14.8. The maximum absolute atomic E-state index is 13.0. The van der Waals surface area contributed by atoms with E-state index in [0.29, 0.717) is 12.0 Å². The largest absolute Gasteiger partial charge is 0.343 e. The molecule has 0 bridgehead atoms. The lowest BCUT2D eigenvalue weighted by molar-refractivity contribution is -0.127. The van der Waals surface area contributed by atoms with Crippen LogP contribution in [0, 0.1) is 13.8 Å². The van der Waals surface area contributed by atoms with Crippen molar-refractivity contribution in [2.45, 2.75) is 58.4 Å². The van der Waals surface area contributed by atoms with Crippen LogP contribution in [-0.4, -0.2) is 52.3 Å². The Morgan fingerprint density at radius 3 is 2.79 bits per heavy atom. The van der Waals surface area contributed by atoms with E-state index in [-0.39, 0.29) is 17.9 Å². The normalized spacial score (nSPS) is 21.4. The Kier molecular flexibility index (Phi) is 5.17. The van der Waals surface area contributed by atoms with Gasteiger partial charge in [0.1, 0.15) is 0 Å². The van der Waals surface area contributed by atoms with Gasteiger partial charge in [-0.2, -0.15) is 0 Å². The summed E-state index contributed by atoms with van der Waals surface area (Å²) in [4.78, 5) is 33.1. The van der Waals surface area contributed by atoms with Gasteiger partial charge in [-0.15, -0.1) is 0 Å². The summed E-state index contributed by atoms with van der Waals surface area (Å²) >= 11 is 0. The van der Waals surface area contributed by atoms with Gasteiger partial charge in [0.25, 0.3) is 5.91 Å². The molecule has 5 nitrogen and oxygen atoms in total. The first-order valence-electron chi connectivity index (χ1n) is 9.08. The Bertz CT molecular complexity index is 629. The van der Waals surface area contributed by atoms with Crippen LogP contribution in [0.1, 0.15) is 60.1 Å². The maximum Gasteiger partial charge on any atom is 0.255 e. The van der Waals surface area contributed by atoms with E-state index in [9.17, 15) is 9.59 Å². The minimum absolute atomic E-state index is 0.0949. The quantitative estimate of drug-likeness (QED) is 0.853. The molecule has 0 radical (unpaired) electrons. The molecule has 0 saturated carbocycles. The molecule has 2 aliphatic rings. The molecular formula is C19H27N3O2. The van der Waals surface area contributed by atoms with E-state index >= 15 is 0 Å². The van der Waals surface area contributed by atoms with Crippen molar-refractivity contribution in [3.8, 4) is 0 Å². The van der Waals surface area contributed by atoms with E-state index in [1.54, 1.807) is 6.20 Å². The smallest absolute Gasteiger partial charge is 0.255 e. The third-order valence-electron chi connectivity index (χ3n) is 5.27. The summed E-state index contributed by atoms with van der Waals surface area (Å²) in [5.41, 5.74) is 2.64. The Morgan fingerprint density at radius 2 is 2.08 bits per heavy atom. The van der Waals surface area contributed by atoms with E-state index < -0.39 is 0 Å². The summed E-state index contributed by atoms with van der Waals surface area (Å²) in [7, 11) is 0. The fourth-order valence-corrected chi connectivity index (χ4v) is 3.89. The summed E-state index contributed by atoms with van der Waals surface area (Å²) in [5.74, 6) is 0.361. The number of hydrogen-bond donors (Lipinski definition) is 0. The second-order valence-electron chi connectivity index (χ2n) is 7.06. The van der Waals surface area contributed by atoms with Gasteiger partial charge in [0.05, 0.1) is 5.56 Å². The number of pyridine rings is 1. The molecule has 2 aliphatic heterocycles. The lowest BCUT2D eigenvalue weighted by atomic mass is 9.97. The van der Waals surface area contributed by atoms with Crippen LogP contribution in [0.2, 0.25) is 0 Å². The first-order valence-corrected chi connectivity index (χ1v) is 9.08. The minimum atomic E-state index is 0.0949. The zero-order chi connectivity index (χ0) is 17.1. The lowest BCUT2D eigenvalue weighted by Gasteiger charge is -2.37. The van der Waals surface area contributed by atoms with E-state index in [1.807, 2.05) is 29.7 Å². The van der Waals surface area contributed by atoms with Crippen molar-refractivity contribution in [3.05, 3.63) is 29.1 Å². The molecule has 5 heteroatoms. The highest BCUT2D eigenvalue weighted by molar-refractivity contribution is 5.95.